The predicted molar refractivity (Wildman–Crippen MR) is 108 cm³/mol. The maximum absolute atomic E-state index is 14.1. The lowest BCUT2D eigenvalue weighted by Crippen LogP contribution is -2.19. The molecule has 3 N–H and O–H groups in total. The highest BCUT2D eigenvalue weighted by Gasteiger charge is 2.30. The molecule has 0 aliphatic heterocycles. The molecule has 0 atom stereocenters. The zero-order valence-electron chi connectivity index (χ0n) is 15.6. The van der Waals surface area contributed by atoms with Crippen LogP contribution in [0.25, 0.3) is 22.0 Å². The molecular weight excluding hydrogens is 417 g/mol. The van der Waals surface area contributed by atoms with Gasteiger partial charge in [0.15, 0.2) is 0 Å². The Balaban J connectivity index is 1.55. The van der Waals surface area contributed by atoms with Gasteiger partial charge in [-0.15, -0.1) is 0 Å². The van der Waals surface area contributed by atoms with E-state index in [2.05, 4.69) is 15.6 Å². The van der Waals surface area contributed by atoms with Gasteiger partial charge in [-0.3, -0.25) is 0 Å². The molecule has 4 nitrogen and oxygen atoms in total. The maximum Gasteiger partial charge on any atom is 0.416 e. The average Bonchev–Trinajstić information content (AvgIpc) is 3.09. The summed E-state index contributed by atoms with van der Waals surface area (Å²) >= 11 is 0. The van der Waals surface area contributed by atoms with Crippen molar-refractivity contribution in [3.63, 3.8) is 0 Å². The van der Waals surface area contributed by atoms with E-state index in [-0.39, 0.29) is 11.3 Å². The summed E-state index contributed by atoms with van der Waals surface area (Å²) in [4.78, 5) is 15.3. The number of alkyl halides is 3. The van der Waals surface area contributed by atoms with Gasteiger partial charge in [0.1, 0.15) is 11.6 Å². The molecule has 0 bridgehead atoms. The van der Waals surface area contributed by atoms with Crippen molar-refractivity contribution < 1.29 is 26.7 Å². The number of amides is 2. The van der Waals surface area contributed by atoms with Crippen LogP contribution in [0, 0.1) is 11.6 Å². The number of H-pyrrole nitrogens is 1. The van der Waals surface area contributed by atoms with Gasteiger partial charge in [0, 0.05) is 34.4 Å². The highest BCUT2D eigenvalue weighted by molar-refractivity contribution is 6.06. The Labute approximate surface area is 172 Å². The normalized spacial score (nSPS) is 11.5. The molecular formula is C22H14F5N3O. The SMILES string of the molecule is O=C(Nc1ccc(C(F)(F)F)cc1)Nc1c[nH]c2ccc(-c3ccc(F)cc3F)cc12. The van der Waals surface area contributed by atoms with Crippen LogP contribution in [0.1, 0.15) is 5.56 Å². The summed E-state index contributed by atoms with van der Waals surface area (Å²) in [6, 6.07) is 11.6. The standard InChI is InChI=1S/C22H14F5N3O/c23-14-4-7-16(18(24)10-14)12-1-8-19-17(9-12)20(11-28-19)30-21(31)29-15-5-2-13(3-6-15)22(25,26)27/h1-11,28H,(H2,29,30,31). The monoisotopic (exact) mass is 431 g/mol. The Bertz CT molecular complexity index is 1260. The molecule has 0 aliphatic carbocycles. The van der Waals surface area contributed by atoms with Gasteiger partial charge in [-0.2, -0.15) is 13.2 Å². The Morgan fingerprint density at radius 1 is 0.871 bits per heavy atom. The molecule has 4 aromatic rings. The van der Waals surface area contributed by atoms with Crippen LogP contribution in [0.15, 0.2) is 66.9 Å². The largest absolute Gasteiger partial charge is 0.416 e. The molecule has 0 fully saturated rings. The van der Waals surface area contributed by atoms with Crippen LogP contribution in [0.2, 0.25) is 0 Å². The Hall–Kier alpha value is -3.88. The van der Waals surface area contributed by atoms with Gasteiger partial charge in [0.05, 0.1) is 11.3 Å². The number of nitrogens with one attached hydrogen (secondary N) is 3. The third-order valence-electron chi connectivity index (χ3n) is 4.64. The number of hydrogen-bond acceptors (Lipinski definition) is 1. The van der Waals surface area contributed by atoms with Gasteiger partial charge in [-0.05, 0) is 54.1 Å². The van der Waals surface area contributed by atoms with Crippen molar-refractivity contribution in [1.29, 1.82) is 0 Å². The minimum Gasteiger partial charge on any atom is -0.359 e. The zero-order valence-corrected chi connectivity index (χ0v) is 15.6. The van der Waals surface area contributed by atoms with Crippen LogP contribution in [-0.4, -0.2) is 11.0 Å². The zero-order chi connectivity index (χ0) is 22.2. The number of aromatic amines is 1. The number of rotatable bonds is 3. The highest BCUT2D eigenvalue weighted by Crippen LogP contribution is 2.31. The van der Waals surface area contributed by atoms with Crippen LogP contribution < -0.4 is 10.6 Å². The van der Waals surface area contributed by atoms with E-state index in [4.69, 9.17) is 0 Å². The Kier molecular flexibility index (Phi) is 5.10. The lowest BCUT2D eigenvalue weighted by atomic mass is 10.0. The van der Waals surface area contributed by atoms with E-state index in [9.17, 15) is 26.7 Å². The van der Waals surface area contributed by atoms with Crippen molar-refractivity contribution in [1.82, 2.24) is 4.98 Å². The van der Waals surface area contributed by atoms with E-state index >= 15 is 0 Å². The molecule has 158 valence electrons. The van der Waals surface area contributed by atoms with Crippen LogP contribution >= 0.6 is 0 Å². The molecule has 0 spiro atoms. The smallest absolute Gasteiger partial charge is 0.359 e. The van der Waals surface area contributed by atoms with E-state index < -0.39 is 29.4 Å². The minimum atomic E-state index is -4.47. The highest BCUT2D eigenvalue weighted by atomic mass is 19.4. The summed E-state index contributed by atoms with van der Waals surface area (Å²) in [7, 11) is 0. The van der Waals surface area contributed by atoms with E-state index in [1.807, 2.05) is 0 Å². The van der Waals surface area contributed by atoms with Gasteiger partial charge in [-0.25, -0.2) is 13.6 Å². The van der Waals surface area contributed by atoms with Crippen molar-refractivity contribution in [2.75, 3.05) is 10.6 Å². The number of urea groups is 1. The van der Waals surface area contributed by atoms with Gasteiger partial charge in [0.25, 0.3) is 0 Å². The van der Waals surface area contributed by atoms with Gasteiger partial charge in [0.2, 0.25) is 0 Å². The van der Waals surface area contributed by atoms with E-state index in [0.29, 0.717) is 22.2 Å². The second-order valence-corrected chi connectivity index (χ2v) is 6.74. The average molecular weight is 431 g/mol. The topological polar surface area (TPSA) is 56.9 Å². The molecule has 0 saturated carbocycles. The molecule has 3 aromatic carbocycles. The number of benzene rings is 3. The fourth-order valence-corrected chi connectivity index (χ4v) is 3.14. The summed E-state index contributed by atoms with van der Waals surface area (Å²) in [6.45, 7) is 0. The molecule has 0 radical (unpaired) electrons. The molecule has 0 saturated heterocycles. The van der Waals surface area contributed by atoms with Crippen LogP contribution in [0.3, 0.4) is 0 Å². The first-order chi connectivity index (χ1) is 14.7. The first-order valence-electron chi connectivity index (χ1n) is 9.02. The molecule has 0 unspecified atom stereocenters. The van der Waals surface area contributed by atoms with Crippen LogP contribution in [-0.2, 0) is 6.18 Å². The van der Waals surface area contributed by atoms with Gasteiger partial charge in [-0.1, -0.05) is 6.07 Å². The molecule has 0 aliphatic rings. The Morgan fingerprint density at radius 2 is 1.61 bits per heavy atom. The minimum absolute atomic E-state index is 0.180. The van der Waals surface area contributed by atoms with Crippen molar-refractivity contribution >= 4 is 28.3 Å². The summed E-state index contributed by atoms with van der Waals surface area (Å²) in [5, 5.41) is 5.63. The second kappa shape index (κ2) is 7.75. The second-order valence-electron chi connectivity index (χ2n) is 6.74. The number of carbonyl (C=O) groups excluding carboxylic acids is 1. The first-order valence-corrected chi connectivity index (χ1v) is 9.02. The van der Waals surface area contributed by atoms with Crippen LogP contribution in [0.4, 0.5) is 38.1 Å². The summed E-state index contributed by atoms with van der Waals surface area (Å²) in [5.41, 5.74) is 1.08. The number of aromatic nitrogens is 1. The lowest BCUT2D eigenvalue weighted by molar-refractivity contribution is -0.137. The van der Waals surface area contributed by atoms with Crippen molar-refractivity contribution in [3.8, 4) is 11.1 Å². The molecule has 4 rings (SSSR count). The maximum atomic E-state index is 14.1. The number of fused-ring (bicyclic) bond motifs is 1. The van der Waals surface area contributed by atoms with Crippen molar-refractivity contribution in [3.05, 3.63) is 84.1 Å². The van der Waals surface area contributed by atoms with Gasteiger partial charge >= 0.3 is 12.2 Å². The fourth-order valence-electron chi connectivity index (χ4n) is 3.14. The molecule has 31 heavy (non-hydrogen) atoms. The van der Waals surface area contributed by atoms with E-state index in [1.54, 1.807) is 18.2 Å². The fraction of sp³-hybridized carbons (Fsp3) is 0.0455. The first kappa shape index (κ1) is 20.4. The predicted octanol–water partition coefficient (Wildman–Crippen LogP) is 6.78. The van der Waals surface area contributed by atoms with Crippen molar-refractivity contribution in [2.45, 2.75) is 6.18 Å². The number of carbonyl (C=O) groups is 1. The Morgan fingerprint density at radius 3 is 2.29 bits per heavy atom. The van der Waals surface area contributed by atoms with Gasteiger partial charge < -0.3 is 15.6 Å². The number of hydrogen-bond donors (Lipinski definition) is 3. The lowest BCUT2D eigenvalue weighted by Gasteiger charge is -2.10. The number of anilines is 2. The molecule has 2 amide bonds. The van der Waals surface area contributed by atoms with E-state index in [1.165, 1.54) is 12.3 Å². The third kappa shape index (κ3) is 4.35. The summed E-state index contributed by atoms with van der Waals surface area (Å²) < 4.78 is 65.2. The quantitative estimate of drug-likeness (QED) is 0.308. The van der Waals surface area contributed by atoms with Crippen LogP contribution in [0.5, 0.6) is 0 Å². The number of halogens is 5. The van der Waals surface area contributed by atoms with Crippen molar-refractivity contribution in [2.24, 2.45) is 0 Å². The van der Waals surface area contributed by atoms with E-state index in [0.717, 1.165) is 36.4 Å². The molecule has 1 heterocycles. The molecule has 9 heteroatoms. The third-order valence-corrected chi connectivity index (χ3v) is 4.64. The summed E-state index contributed by atoms with van der Waals surface area (Å²) in [5.74, 6) is -1.41. The molecule has 1 aromatic heterocycles. The summed E-state index contributed by atoms with van der Waals surface area (Å²) in [6.07, 6.45) is -2.94.